The molecular formula is C15H28O2. The fraction of sp³-hybridized carbons (Fsp3) is 0.933. The zero-order chi connectivity index (χ0) is 12.5. The molecule has 1 aliphatic carbocycles. The average Bonchev–Trinajstić information content (AvgIpc) is 2.36. The minimum atomic E-state index is -0.0311. The monoisotopic (exact) mass is 240 g/mol. The number of ether oxygens (including phenoxy) is 1. The van der Waals surface area contributed by atoms with Crippen LogP contribution in [0.4, 0.5) is 0 Å². The summed E-state index contributed by atoms with van der Waals surface area (Å²) in [5.41, 5.74) is 0. The molecule has 1 saturated carbocycles. The Morgan fingerprint density at radius 1 is 1.06 bits per heavy atom. The SMILES string of the molecule is CCCCCCC1CCC(OC(=O)CC)CC1. The zero-order valence-corrected chi connectivity index (χ0v) is 11.5. The molecule has 0 aromatic rings. The molecular weight excluding hydrogens is 212 g/mol. The Balaban J connectivity index is 2.07. The van der Waals surface area contributed by atoms with E-state index in [0.717, 1.165) is 18.8 Å². The normalized spacial score (nSPS) is 24.6. The van der Waals surface area contributed by atoms with Gasteiger partial charge >= 0.3 is 5.97 Å². The van der Waals surface area contributed by atoms with Crippen LogP contribution in [0.15, 0.2) is 0 Å². The Kier molecular flexibility index (Phi) is 7.30. The van der Waals surface area contributed by atoms with Gasteiger partial charge in [-0.1, -0.05) is 46.0 Å². The largest absolute Gasteiger partial charge is 0.462 e. The lowest BCUT2D eigenvalue weighted by molar-refractivity contribution is -0.150. The molecule has 0 spiro atoms. The first kappa shape index (κ1) is 14.5. The minimum Gasteiger partial charge on any atom is -0.462 e. The quantitative estimate of drug-likeness (QED) is 0.485. The molecule has 2 heteroatoms. The van der Waals surface area contributed by atoms with Gasteiger partial charge in [-0.15, -0.1) is 0 Å². The molecule has 0 aromatic carbocycles. The fourth-order valence-corrected chi connectivity index (χ4v) is 2.67. The standard InChI is InChI=1S/C15H28O2/c1-3-5-6-7-8-13-9-11-14(12-10-13)17-15(16)4-2/h13-14H,3-12H2,1-2H3. The second-order valence-electron chi connectivity index (χ2n) is 5.34. The molecule has 0 unspecified atom stereocenters. The first-order valence-corrected chi connectivity index (χ1v) is 7.45. The molecule has 0 radical (unpaired) electrons. The van der Waals surface area contributed by atoms with Gasteiger partial charge in [0.15, 0.2) is 0 Å². The number of esters is 1. The summed E-state index contributed by atoms with van der Waals surface area (Å²) in [7, 11) is 0. The number of hydrogen-bond donors (Lipinski definition) is 0. The van der Waals surface area contributed by atoms with E-state index in [0.29, 0.717) is 6.42 Å². The molecule has 0 bridgehead atoms. The van der Waals surface area contributed by atoms with Crippen molar-refractivity contribution in [3.05, 3.63) is 0 Å². The molecule has 0 heterocycles. The number of unbranched alkanes of at least 4 members (excludes halogenated alkanes) is 3. The van der Waals surface area contributed by atoms with Crippen LogP contribution in [0.1, 0.15) is 78.1 Å². The lowest BCUT2D eigenvalue weighted by Gasteiger charge is -2.28. The summed E-state index contributed by atoms with van der Waals surface area (Å²) in [5.74, 6) is 0.861. The summed E-state index contributed by atoms with van der Waals surface area (Å²) >= 11 is 0. The maximum atomic E-state index is 11.2. The first-order valence-electron chi connectivity index (χ1n) is 7.45. The highest BCUT2D eigenvalue weighted by atomic mass is 16.5. The molecule has 100 valence electrons. The number of carbonyl (C=O) groups excluding carboxylic acids is 1. The fourth-order valence-electron chi connectivity index (χ4n) is 2.67. The highest BCUT2D eigenvalue weighted by Gasteiger charge is 2.22. The summed E-state index contributed by atoms with van der Waals surface area (Å²) < 4.78 is 5.39. The van der Waals surface area contributed by atoms with Crippen LogP contribution in [0.3, 0.4) is 0 Å². The molecule has 1 aliphatic rings. The van der Waals surface area contributed by atoms with Gasteiger partial charge in [-0.25, -0.2) is 0 Å². The number of hydrogen-bond acceptors (Lipinski definition) is 2. The minimum absolute atomic E-state index is 0.0311. The maximum Gasteiger partial charge on any atom is 0.305 e. The van der Waals surface area contributed by atoms with Crippen LogP contribution < -0.4 is 0 Å². The van der Waals surface area contributed by atoms with Crippen molar-refractivity contribution in [2.24, 2.45) is 5.92 Å². The van der Waals surface area contributed by atoms with Gasteiger partial charge in [0.05, 0.1) is 0 Å². The molecule has 1 fully saturated rings. The molecule has 0 aliphatic heterocycles. The Hall–Kier alpha value is -0.530. The van der Waals surface area contributed by atoms with Crippen LogP contribution >= 0.6 is 0 Å². The van der Waals surface area contributed by atoms with Gasteiger partial charge in [-0.3, -0.25) is 4.79 Å². The molecule has 17 heavy (non-hydrogen) atoms. The van der Waals surface area contributed by atoms with Gasteiger partial charge < -0.3 is 4.74 Å². The van der Waals surface area contributed by atoms with Crippen molar-refractivity contribution in [2.45, 2.75) is 84.2 Å². The van der Waals surface area contributed by atoms with Crippen LogP contribution in [0, 0.1) is 5.92 Å². The predicted octanol–water partition coefficient (Wildman–Crippen LogP) is 4.47. The van der Waals surface area contributed by atoms with Crippen LogP contribution in [-0.2, 0) is 9.53 Å². The third-order valence-corrected chi connectivity index (χ3v) is 3.85. The van der Waals surface area contributed by atoms with Gasteiger partial charge in [0.2, 0.25) is 0 Å². The number of carbonyl (C=O) groups is 1. The van der Waals surface area contributed by atoms with E-state index in [-0.39, 0.29) is 12.1 Å². The Bertz CT molecular complexity index is 205. The van der Waals surface area contributed by atoms with E-state index in [1.807, 2.05) is 6.92 Å². The van der Waals surface area contributed by atoms with Crippen molar-refractivity contribution in [3.8, 4) is 0 Å². The summed E-state index contributed by atoms with van der Waals surface area (Å²) in [4.78, 5) is 11.2. The van der Waals surface area contributed by atoms with Crippen LogP contribution in [0.2, 0.25) is 0 Å². The molecule has 0 amide bonds. The second-order valence-corrected chi connectivity index (χ2v) is 5.34. The van der Waals surface area contributed by atoms with Crippen LogP contribution in [0.25, 0.3) is 0 Å². The summed E-state index contributed by atoms with van der Waals surface area (Å²) in [6.07, 6.45) is 12.3. The molecule has 0 aromatic heterocycles. The van der Waals surface area contributed by atoms with Crippen molar-refractivity contribution in [1.29, 1.82) is 0 Å². The third kappa shape index (κ3) is 6.09. The van der Waals surface area contributed by atoms with Gasteiger partial charge in [-0.05, 0) is 31.6 Å². The van der Waals surface area contributed by atoms with E-state index in [1.54, 1.807) is 0 Å². The molecule has 1 rings (SSSR count). The topological polar surface area (TPSA) is 26.3 Å². The van der Waals surface area contributed by atoms with E-state index < -0.39 is 0 Å². The zero-order valence-electron chi connectivity index (χ0n) is 11.5. The van der Waals surface area contributed by atoms with Gasteiger partial charge in [0.25, 0.3) is 0 Å². The van der Waals surface area contributed by atoms with Crippen molar-refractivity contribution in [2.75, 3.05) is 0 Å². The van der Waals surface area contributed by atoms with Gasteiger partial charge in [0, 0.05) is 6.42 Å². The van der Waals surface area contributed by atoms with Gasteiger partial charge in [0.1, 0.15) is 6.10 Å². The lowest BCUT2D eigenvalue weighted by atomic mass is 9.84. The van der Waals surface area contributed by atoms with E-state index in [9.17, 15) is 4.79 Å². The van der Waals surface area contributed by atoms with E-state index in [2.05, 4.69) is 6.92 Å². The van der Waals surface area contributed by atoms with Gasteiger partial charge in [-0.2, -0.15) is 0 Å². The van der Waals surface area contributed by atoms with Crippen molar-refractivity contribution >= 4 is 5.97 Å². The smallest absolute Gasteiger partial charge is 0.305 e. The Labute approximate surface area is 106 Å². The summed E-state index contributed by atoms with van der Waals surface area (Å²) in [5, 5.41) is 0. The highest BCUT2D eigenvalue weighted by Crippen LogP contribution is 2.30. The lowest BCUT2D eigenvalue weighted by Crippen LogP contribution is -2.24. The molecule has 0 N–H and O–H groups in total. The molecule has 0 saturated heterocycles. The van der Waals surface area contributed by atoms with E-state index >= 15 is 0 Å². The predicted molar refractivity (Wildman–Crippen MR) is 70.9 cm³/mol. The Morgan fingerprint density at radius 3 is 2.35 bits per heavy atom. The third-order valence-electron chi connectivity index (χ3n) is 3.85. The van der Waals surface area contributed by atoms with Crippen LogP contribution in [0.5, 0.6) is 0 Å². The van der Waals surface area contributed by atoms with E-state index in [4.69, 9.17) is 4.74 Å². The Morgan fingerprint density at radius 2 is 1.76 bits per heavy atom. The molecule has 0 atom stereocenters. The number of rotatable bonds is 7. The average molecular weight is 240 g/mol. The van der Waals surface area contributed by atoms with Crippen molar-refractivity contribution in [1.82, 2.24) is 0 Å². The first-order chi connectivity index (χ1) is 8.26. The highest BCUT2D eigenvalue weighted by molar-refractivity contribution is 5.69. The van der Waals surface area contributed by atoms with Crippen molar-refractivity contribution < 1.29 is 9.53 Å². The van der Waals surface area contributed by atoms with Crippen LogP contribution in [-0.4, -0.2) is 12.1 Å². The van der Waals surface area contributed by atoms with E-state index in [1.165, 1.54) is 44.9 Å². The summed E-state index contributed by atoms with van der Waals surface area (Å²) in [6, 6.07) is 0. The summed E-state index contributed by atoms with van der Waals surface area (Å²) in [6.45, 7) is 4.12. The maximum absolute atomic E-state index is 11.2. The molecule has 2 nitrogen and oxygen atoms in total. The van der Waals surface area contributed by atoms with Crippen molar-refractivity contribution in [3.63, 3.8) is 0 Å². The second kappa shape index (κ2) is 8.54.